The number of ether oxygens (including phenoxy) is 1. The molecule has 0 aliphatic heterocycles. The van der Waals surface area contributed by atoms with Crippen LogP contribution in [0.5, 0.6) is 5.75 Å². The standard InChI is InChI=1S/C22H27N3O4S2.ClH/c1-5-29-17-9-12-19-20(15-17)30-22(23-19)25(14-13-24(3)4)21(26)16-7-10-18(11-8-16)31(27,28)6-2;/h7-12,15H,5-6,13-14H2,1-4H3;1H. The monoisotopic (exact) mass is 497 g/mol. The van der Waals surface area contributed by atoms with E-state index in [0.29, 0.717) is 30.4 Å². The molecule has 3 rings (SSSR count). The van der Waals surface area contributed by atoms with Crippen LogP contribution < -0.4 is 9.64 Å². The number of aromatic nitrogens is 1. The lowest BCUT2D eigenvalue weighted by atomic mass is 10.2. The van der Waals surface area contributed by atoms with Crippen molar-refractivity contribution < 1.29 is 17.9 Å². The first-order valence-corrected chi connectivity index (χ1v) is 12.5. The molecule has 10 heteroatoms. The number of carbonyl (C=O) groups is 1. The number of benzene rings is 2. The number of nitrogens with zero attached hydrogens (tertiary/aromatic N) is 3. The van der Waals surface area contributed by atoms with E-state index in [0.717, 1.165) is 16.0 Å². The normalized spacial score (nSPS) is 11.4. The molecular weight excluding hydrogens is 470 g/mol. The smallest absolute Gasteiger partial charge is 0.260 e. The number of hydrogen-bond donors (Lipinski definition) is 0. The molecule has 2 aromatic carbocycles. The van der Waals surface area contributed by atoms with Gasteiger partial charge in [-0.05, 0) is 63.5 Å². The van der Waals surface area contributed by atoms with Gasteiger partial charge in [-0.3, -0.25) is 9.69 Å². The highest BCUT2D eigenvalue weighted by Gasteiger charge is 2.22. The predicted octanol–water partition coefficient (Wildman–Crippen LogP) is 4.12. The first-order valence-electron chi connectivity index (χ1n) is 10.1. The summed E-state index contributed by atoms with van der Waals surface area (Å²) in [4.78, 5) is 21.9. The lowest BCUT2D eigenvalue weighted by Crippen LogP contribution is -2.36. The Bertz CT molecular complexity index is 1160. The molecule has 0 spiro atoms. The fraction of sp³-hybridized carbons (Fsp3) is 0.364. The molecule has 0 N–H and O–H groups in total. The van der Waals surface area contributed by atoms with Gasteiger partial charge in [0.15, 0.2) is 15.0 Å². The van der Waals surface area contributed by atoms with Gasteiger partial charge in [-0.25, -0.2) is 13.4 Å². The second kappa shape index (κ2) is 11.1. The Kier molecular flexibility index (Phi) is 9.03. The molecule has 0 radical (unpaired) electrons. The molecule has 0 fully saturated rings. The molecule has 1 heterocycles. The molecule has 0 aliphatic carbocycles. The van der Waals surface area contributed by atoms with E-state index in [2.05, 4.69) is 4.98 Å². The topological polar surface area (TPSA) is 79.8 Å². The van der Waals surface area contributed by atoms with Gasteiger partial charge in [-0.1, -0.05) is 18.3 Å². The Hall–Kier alpha value is -2.20. The number of anilines is 1. The van der Waals surface area contributed by atoms with E-state index in [-0.39, 0.29) is 29.0 Å². The molecule has 32 heavy (non-hydrogen) atoms. The van der Waals surface area contributed by atoms with E-state index in [1.807, 2.05) is 44.1 Å². The second-order valence-electron chi connectivity index (χ2n) is 7.25. The van der Waals surface area contributed by atoms with Crippen molar-refractivity contribution in [3.05, 3.63) is 48.0 Å². The second-order valence-corrected chi connectivity index (χ2v) is 10.5. The molecule has 1 amide bonds. The number of likely N-dealkylation sites (N-methyl/N-ethyl adjacent to an activating group) is 1. The lowest BCUT2D eigenvalue weighted by molar-refractivity contribution is 0.0985. The van der Waals surface area contributed by atoms with Gasteiger partial charge in [-0.2, -0.15) is 0 Å². The number of amides is 1. The highest BCUT2D eigenvalue weighted by Crippen LogP contribution is 2.32. The molecule has 0 unspecified atom stereocenters. The minimum absolute atomic E-state index is 0. The van der Waals surface area contributed by atoms with Gasteiger partial charge < -0.3 is 9.64 Å². The zero-order valence-electron chi connectivity index (χ0n) is 18.6. The lowest BCUT2D eigenvalue weighted by Gasteiger charge is -2.22. The van der Waals surface area contributed by atoms with Crippen molar-refractivity contribution in [3.63, 3.8) is 0 Å². The van der Waals surface area contributed by atoms with Crippen LogP contribution in [0.4, 0.5) is 5.13 Å². The summed E-state index contributed by atoms with van der Waals surface area (Å²) < 4.78 is 30.6. The first kappa shape index (κ1) is 26.1. The van der Waals surface area contributed by atoms with Crippen LogP contribution in [-0.2, 0) is 9.84 Å². The number of halogens is 1. The number of sulfone groups is 1. The Morgan fingerprint density at radius 2 is 1.75 bits per heavy atom. The molecule has 0 atom stereocenters. The summed E-state index contributed by atoms with van der Waals surface area (Å²) in [7, 11) is 0.574. The van der Waals surface area contributed by atoms with E-state index < -0.39 is 9.84 Å². The van der Waals surface area contributed by atoms with Crippen molar-refractivity contribution in [2.75, 3.05) is 44.4 Å². The maximum atomic E-state index is 13.3. The predicted molar refractivity (Wildman–Crippen MR) is 132 cm³/mol. The zero-order valence-corrected chi connectivity index (χ0v) is 21.0. The molecule has 0 saturated heterocycles. The number of carbonyl (C=O) groups excluding carboxylic acids is 1. The number of thiazole rings is 1. The van der Waals surface area contributed by atoms with Crippen molar-refractivity contribution in [1.82, 2.24) is 9.88 Å². The van der Waals surface area contributed by atoms with Gasteiger partial charge in [0.25, 0.3) is 5.91 Å². The molecule has 0 bridgehead atoms. The van der Waals surface area contributed by atoms with Gasteiger partial charge in [0.1, 0.15) is 5.75 Å². The van der Waals surface area contributed by atoms with E-state index >= 15 is 0 Å². The van der Waals surface area contributed by atoms with E-state index in [1.165, 1.54) is 23.5 Å². The third-order valence-electron chi connectivity index (χ3n) is 4.75. The number of rotatable bonds is 9. The summed E-state index contributed by atoms with van der Waals surface area (Å²) in [5.74, 6) is 0.570. The van der Waals surface area contributed by atoms with Crippen molar-refractivity contribution >= 4 is 54.8 Å². The van der Waals surface area contributed by atoms with Gasteiger partial charge in [0, 0.05) is 18.7 Å². The van der Waals surface area contributed by atoms with Crippen LogP contribution in [0.15, 0.2) is 47.4 Å². The average Bonchev–Trinajstić information content (AvgIpc) is 3.17. The van der Waals surface area contributed by atoms with Crippen molar-refractivity contribution in [2.45, 2.75) is 18.7 Å². The van der Waals surface area contributed by atoms with Crippen molar-refractivity contribution in [1.29, 1.82) is 0 Å². The SMILES string of the molecule is CCOc1ccc2nc(N(CCN(C)C)C(=O)c3ccc(S(=O)(=O)CC)cc3)sc2c1.Cl. The summed E-state index contributed by atoms with van der Waals surface area (Å²) in [6.07, 6.45) is 0. The van der Waals surface area contributed by atoms with Gasteiger partial charge in [0.05, 0.1) is 27.5 Å². The largest absolute Gasteiger partial charge is 0.494 e. The Labute approximate surface area is 199 Å². The van der Waals surface area contributed by atoms with Gasteiger partial charge >= 0.3 is 0 Å². The molecule has 174 valence electrons. The Balaban J connectivity index is 0.00000363. The molecule has 7 nitrogen and oxygen atoms in total. The first-order chi connectivity index (χ1) is 14.7. The third kappa shape index (κ3) is 5.98. The van der Waals surface area contributed by atoms with Crippen LogP contribution in [0.2, 0.25) is 0 Å². The van der Waals surface area contributed by atoms with E-state index in [9.17, 15) is 13.2 Å². The fourth-order valence-corrected chi connectivity index (χ4v) is 4.88. The zero-order chi connectivity index (χ0) is 22.6. The molecule has 1 aromatic heterocycles. The van der Waals surface area contributed by atoms with Crippen LogP contribution in [0, 0.1) is 0 Å². The summed E-state index contributed by atoms with van der Waals surface area (Å²) >= 11 is 1.43. The maximum absolute atomic E-state index is 13.3. The van der Waals surface area contributed by atoms with Crippen LogP contribution in [0.3, 0.4) is 0 Å². The number of fused-ring (bicyclic) bond motifs is 1. The van der Waals surface area contributed by atoms with Crippen LogP contribution >= 0.6 is 23.7 Å². The van der Waals surface area contributed by atoms with Crippen LogP contribution in [0.1, 0.15) is 24.2 Å². The number of hydrogen-bond acceptors (Lipinski definition) is 7. The summed E-state index contributed by atoms with van der Waals surface area (Å²) in [6, 6.07) is 11.8. The molecular formula is C22H28ClN3O4S2. The molecule has 0 aliphatic rings. The quantitative estimate of drug-likeness (QED) is 0.442. The highest BCUT2D eigenvalue weighted by molar-refractivity contribution is 7.91. The van der Waals surface area contributed by atoms with Crippen molar-refractivity contribution in [2.24, 2.45) is 0 Å². The highest BCUT2D eigenvalue weighted by atomic mass is 35.5. The minimum Gasteiger partial charge on any atom is -0.494 e. The van der Waals surface area contributed by atoms with Gasteiger partial charge in [0.2, 0.25) is 0 Å². The van der Waals surface area contributed by atoms with Gasteiger partial charge in [-0.15, -0.1) is 12.4 Å². The third-order valence-corrected chi connectivity index (χ3v) is 7.54. The summed E-state index contributed by atoms with van der Waals surface area (Å²) in [5.41, 5.74) is 1.22. The van der Waals surface area contributed by atoms with E-state index in [1.54, 1.807) is 24.0 Å². The van der Waals surface area contributed by atoms with Crippen molar-refractivity contribution in [3.8, 4) is 5.75 Å². The van der Waals surface area contributed by atoms with Crippen LogP contribution in [-0.4, -0.2) is 63.8 Å². The molecule has 0 saturated carbocycles. The Morgan fingerprint density at radius 3 is 2.34 bits per heavy atom. The summed E-state index contributed by atoms with van der Waals surface area (Å²) in [6.45, 7) is 5.23. The fourth-order valence-electron chi connectivity index (χ4n) is 2.98. The Morgan fingerprint density at radius 1 is 1.06 bits per heavy atom. The molecule has 3 aromatic rings. The average molecular weight is 498 g/mol. The summed E-state index contributed by atoms with van der Waals surface area (Å²) in [5, 5.41) is 0.598. The maximum Gasteiger partial charge on any atom is 0.260 e. The van der Waals surface area contributed by atoms with Crippen LogP contribution in [0.25, 0.3) is 10.2 Å². The van der Waals surface area contributed by atoms with E-state index in [4.69, 9.17) is 4.74 Å². The minimum atomic E-state index is -3.31.